The zero-order valence-electron chi connectivity index (χ0n) is 20.2. The maximum absolute atomic E-state index is 15.3. The van der Waals surface area contributed by atoms with Crippen LogP contribution in [0.4, 0.5) is 8.78 Å². The van der Waals surface area contributed by atoms with Crippen molar-refractivity contribution in [2.75, 3.05) is 20.3 Å². The smallest absolute Gasteiger partial charge is 0.254 e. The third-order valence-corrected chi connectivity index (χ3v) is 5.80. The summed E-state index contributed by atoms with van der Waals surface area (Å²) in [5.41, 5.74) is 5.92. The maximum Gasteiger partial charge on any atom is 0.254 e. The lowest BCUT2D eigenvalue weighted by Gasteiger charge is -2.15. The Hall–Kier alpha value is -4.51. The number of methoxy groups -OCH3 is 1. The van der Waals surface area contributed by atoms with Crippen LogP contribution in [0.1, 0.15) is 23.2 Å². The predicted octanol–water partition coefficient (Wildman–Crippen LogP) is 4.39. The van der Waals surface area contributed by atoms with E-state index in [4.69, 9.17) is 29.8 Å². The predicted molar refractivity (Wildman–Crippen MR) is 133 cm³/mol. The van der Waals surface area contributed by atoms with Gasteiger partial charge in [0.1, 0.15) is 23.7 Å². The highest BCUT2D eigenvalue weighted by atomic mass is 19.1. The highest BCUT2D eigenvalue weighted by molar-refractivity contribution is 6.01. The number of halogens is 2. The average molecular weight is 523 g/mol. The van der Waals surface area contributed by atoms with Crippen molar-refractivity contribution in [3.63, 3.8) is 0 Å². The molecule has 0 bridgehead atoms. The second kappa shape index (κ2) is 10.5. The number of hydrogen-bond donors (Lipinski definition) is 2. The Labute approximate surface area is 215 Å². The van der Waals surface area contributed by atoms with Gasteiger partial charge < -0.3 is 29.8 Å². The number of rotatable bonds is 10. The summed E-state index contributed by atoms with van der Waals surface area (Å²) in [6.45, 7) is -0.209. The number of carbonyl (C=O) groups is 1. The zero-order chi connectivity index (χ0) is 26.8. The van der Waals surface area contributed by atoms with Crippen LogP contribution in [0, 0.1) is 11.6 Å². The molecule has 1 aliphatic carbocycles. The molecule has 2 aromatic carbocycles. The quantitative estimate of drug-likeness (QED) is 0.314. The van der Waals surface area contributed by atoms with Gasteiger partial charge in [-0.15, -0.1) is 0 Å². The zero-order valence-corrected chi connectivity index (χ0v) is 20.2. The van der Waals surface area contributed by atoms with Crippen molar-refractivity contribution < 1.29 is 37.6 Å². The third-order valence-electron chi connectivity index (χ3n) is 5.80. The number of aliphatic hydroxyl groups excluding tert-OH is 1. The Balaban J connectivity index is 1.53. The maximum atomic E-state index is 15.3. The first-order chi connectivity index (χ1) is 18.4. The van der Waals surface area contributed by atoms with E-state index in [0.717, 1.165) is 25.0 Å². The van der Waals surface area contributed by atoms with Gasteiger partial charge in [-0.3, -0.25) is 14.8 Å². The van der Waals surface area contributed by atoms with Gasteiger partial charge in [0.2, 0.25) is 0 Å². The number of aromatic nitrogens is 2. The van der Waals surface area contributed by atoms with Gasteiger partial charge >= 0.3 is 0 Å². The minimum Gasteiger partial charge on any atom is -0.493 e. The van der Waals surface area contributed by atoms with Crippen LogP contribution in [-0.4, -0.2) is 47.4 Å². The number of aliphatic hydroxyl groups is 1. The van der Waals surface area contributed by atoms with E-state index in [1.54, 1.807) is 12.1 Å². The van der Waals surface area contributed by atoms with Crippen molar-refractivity contribution in [1.29, 1.82) is 0 Å². The number of ether oxygens (including phenoxy) is 4. The van der Waals surface area contributed by atoms with Gasteiger partial charge in [0.15, 0.2) is 28.9 Å². The van der Waals surface area contributed by atoms with Crippen molar-refractivity contribution in [2.45, 2.75) is 18.9 Å². The minimum absolute atomic E-state index is 0.00729. The van der Waals surface area contributed by atoms with Crippen molar-refractivity contribution in [3.05, 3.63) is 66.0 Å². The van der Waals surface area contributed by atoms with E-state index in [1.807, 2.05) is 0 Å². The van der Waals surface area contributed by atoms with Crippen LogP contribution in [-0.2, 0) is 0 Å². The van der Waals surface area contributed by atoms with Gasteiger partial charge in [0.25, 0.3) is 5.91 Å². The summed E-state index contributed by atoms with van der Waals surface area (Å²) in [6.07, 6.45) is 4.46. The molecule has 0 saturated heterocycles. The fourth-order valence-electron chi connectivity index (χ4n) is 3.91. The summed E-state index contributed by atoms with van der Waals surface area (Å²) in [5, 5.41) is 9.50. The van der Waals surface area contributed by atoms with Crippen molar-refractivity contribution in [1.82, 2.24) is 9.97 Å². The first kappa shape index (κ1) is 25.2. The summed E-state index contributed by atoms with van der Waals surface area (Å²) >= 11 is 0. The summed E-state index contributed by atoms with van der Waals surface area (Å²) in [6, 6.07) is 8.09. The summed E-state index contributed by atoms with van der Waals surface area (Å²) in [7, 11) is 1.45. The average Bonchev–Trinajstić information content (AvgIpc) is 3.72. The molecule has 0 radical (unpaired) electrons. The Morgan fingerprint density at radius 2 is 1.74 bits per heavy atom. The molecular formula is C27H23F2N3O6. The lowest BCUT2D eigenvalue weighted by atomic mass is 10.0. The van der Waals surface area contributed by atoms with Crippen LogP contribution in [0.15, 0.2) is 48.8 Å². The normalized spacial score (nSPS) is 12.8. The summed E-state index contributed by atoms with van der Waals surface area (Å²) in [4.78, 5) is 20.6. The van der Waals surface area contributed by atoms with E-state index < -0.39 is 23.3 Å². The molecule has 4 aromatic rings. The van der Waals surface area contributed by atoms with Crippen LogP contribution >= 0.6 is 0 Å². The molecular weight excluding hydrogens is 500 g/mol. The van der Waals surface area contributed by atoms with E-state index in [2.05, 4.69) is 9.97 Å². The number of amides is 1. The topological polar surface area (TPSA) is 126 Å². The van der Waals surface area contributed by atoms with E-state index in [1.165, 1.54) is 31.6 Å². The molecule has 0 atom stereocenters. The molecule has 9 nitrogen and oxygen atoms in total. The number of pyridine rings is 2. The van der Waals surface area contributed by atoms with Gasteiger partial charge in [-0.05, 0) is 43.2 Å². The molecule has 196 valence electrons. The number of carbonyl (C=O) groups excluding carboxylic acids is 1. The second-order valence-corrected chi connectivity index (χ2v) is 8.49. The molecule has 2 heterocycles. The molecule has 0 spiro atoms. The van der Waals surface area contributed by atoms with E-state index in [9.17, 15) is 4.79 Å². The molecule has 2 aromatic heterocycles. The molecule has 1 saturated carbocycles. The summed E-state index contributed by atoms with van der Waals surface area (Å²) < 4.78 is 52.8. The SMILES string of the molecule is COc1cc2nccc(Oc3c(F)cc(-c4nccc(OC5CC5)c4C(N)=O)cc3F)c2cc1OCCO. The Morgan fingerprint density at radius 1 is 1.03 bits per heavy atom. The molecule has 1 aliphatic rings. The van der Waals surface area contributed by atoms with Crippen molar-refractivity contribution in [3.8, 4) is 40.0 Å². The highest BCUT2D eigenvalue weighted by Gasteiger charge is 2.28. The van der Waals surface area contributed by atoms with Crippen LogP contribution < -0.4 is 24.7 Å². The molecule has 1 amide bonds. The highest BCUT2D eigenvalue weighted by Crippen LogP contribution is 2.40. The van der Waals surface area contributed by atoms with Crippen molar-refractivity contribution in [2.24, 2.45) is 5.73 Å². The Bertz CT molecular complexity index is 1500. The third kappa shape index (κ3) is 5.00. The van der Waals surface area contributed by atoms with Gasteiger partial charge in [-0.2, -0.15) is 0 Å². The minimum atomic E-state index is -1.03. The summed E-state index contributed by atoms with van der Waals surface area (Å²) in [5.74, 6) is -2.58. The van der Waals surface area contributed by atoms with Crippen LogP contribution in [0.2, 0.25) is 0 Å². The molecule has 1 fully saturated rings. The molecule has 0 aliphatic heterocycles. The number of fused-ring (bicyclic) bond motifs is 1. The van der Waals surface area contributed by atoms with E-state index in [-0.39, 0.29) is 47.6 Å². The Morgan fingerprint density at radius 3 is 2.39 bits per heavy atom. The number of primary amides is 1. The molecule has 0 unspecified atom stereocenters. The van der Waals surface area contributed by atoms with Crippen molar-refractivity contribution >= 4 is 16.8 Å². The lowest BCUT2D eigenvalue weighted by Crippen LogP contribution is -2.16. The number of hydrogen-bond acceptors (Lipinski definition) is 8. The molecule has 11 heteroatoms. The fraction of sp³-hybridized carbons (Fsp3) is 0.222. The van der Waals surface area contributed by atoms with Gasteiger partial charge in [-0.25, -0.2) is 8.78 Å². The standard InChI is InChI=1S/C27H23F2N3O6/c1-35-22-13-19-16(12-23(22)36-9-8-33)20(4-6-31-19)38-26-17(28)10-14(11-18(26)29)25-24(27(30)34)21(5-7-32-25)37-15-2-3-15/h4-7,10-13,15,33H,2-3,8-9H2,1H3,(H2,30,34). The molecule has 3 N–H and O–H groups in total. The first-order valence-electron chi connectivity index (χ1n) is 11.7. The van der Waals surface area contributed by atoms with Gasteiger partial charge in [-0.1, -0.05) is 0 Å². The Kier molecular flexibility index (Phi) is 6.93. The largest absolute Gasteiger partial charge is 0.493 e. The van der Waals surface area contributed by atoms with E-state index >= 15 is 8.78 Å². The van der Waals surface area contributed by atoms with Crippen LogP contribution in [0.3, 0.4) is 0 Å². The first-order valence-corrected chi connectivity index (χ1v) is 11.7. The number of benzene rings is 2. The van der Waals surface area contributed by atoms with Crippen LogP contribution in [0.25, 0.3) is 22.2 Å². The number of nitrogens with two attached hydrogens (primary N) is 1. The second-order valence-electron chi connectivity index (χ2n) is 8.49. The van der Waals surface area contributed by atoms with Crippen LogP contribution in [0.5, 0.6) is 28.7 Å². The number of nitrogens with zero attached hydrogens (tertiary/aromatic N) is 2. The van der Waals surface area contributed by atoms with Gasteiger partial charge in [0, 0.05) is 29.4 Å². The monoisotopic (exact) mass is 523 g/mol. The van der Waals surface area contributed by atoms with Gasteiger partial charge in [0.05, 0.1) is 31.0 Å². The molecule has 38 heavy (non-hydrogen) atoms. The lowest BCUT2D eigenvalue weighted by molar-refractivity contribution is 0.0996. The fourth-order valence-corrected chi connectivity index (χ4v) is 3.91. The molecule has 5 rings (SSSR count). The van der Waals surface area contributed by atoms with E-state index in [0.29, 0.717) is 22.4 Å².